The minimum Gasteiger partial charge on any atom is -0.494 e. The van der Waals surface area contributed by atoms with E-state index < -0.39 is 0 Å². The maximum atomic E-state index is 13.4. The molecule has 0 radical (unpaired) electrons. The number of anilines is 1. The minimum atomic E-state index is -0.306. The quantitative estimate of drug-likeness (QED) is 0.893. The number of benzene rings is 1. The number of halogens is 1. The van der Waals surface area contributed by atoms with E-state index in [-0.39, 0.29) is 5.82 Å². The average molecular weight is 252 g/mol. The number of hydrogen-bond donors (Lipinski definition) is 1. The van der Waals surface area contributed by atoms with Crippen molar-refractivity contribution in [1.29, 1.82) is 0 Å². The molecule has 2 unspecified atom stereocenters. The molecule has 1 aromatic rings. The predicted octanol–water partition coefficient (Wildman–Crippen LogP) is 2.27. The van der Waals surface area contributed by atoms with Gasteiger partial charge in [0.2, 0.25) is 0 Å². The molecule has 1 aliphatic rings. The molecular formula is C14H21FN2O. The highest BCUT2D eigenvalue weighted by atomic mass is 19.1. The topological polar surface area (TPSA) is 24.5 Å². The Hall–Kier alpha value is -1.29. The molecule has 1 aromatic carbocycles. The Kier molecular flexibility index (Phi) is 4.07. The van der Waals surface area contributed by atoms with Gasteiger partial charge in [-0.25, -0.2) is 4.39 Å². The van der Waals surface area contributed by atoms with E-state index in [1.165, 1.54) is 13.2 Å². The van der Waals surface area contributed by atoms with E-state index in [4.69, 9.17) is 4.74 Å². The number of methoxy groups -OCH3 is 1. The van der Waals surface area contributed by atoms with Crippen LogP contribution in [0.15, 0.2) is 18.2 Å². The lowest BCUT2D eigenvalue weighted by Gasteiger charge is -2.38. The number of ether oxygens (including phenoxy) is 1. The Morgan fingerprint density at radius 3 is 2.83 bits per heavy atom. The van der Waals surface area contributed by atoms with Crippen LogP contribution in [0.5, 0.6) is 5.75 Å². The Labute approximate surface area is 108 Å². The van der Waals surface area contributed by atoms with Crippen molar-refractivity contribution in [3.05, 3.63) is 24.0 Å². The van der Waals surface area contributed by atoms with Gasteiger partial charge in [-0.2, -0.15) is 0 Å². The fraction of sp³-hybridized carbons (Fsp3) is 0.571. The lowest BCUT2D eigenvalue weighted by molar-refractivity contribution is 0.338. The third-order valence-corrected chi connectivity index (χ3v) is 3.78. The van der Waals surface area contributed by atoms with E-state index in [2.05, 4.69) is 17.1 Å². The summed E-state index contributed by atoms with van der Waals surface area (Å²) in [7, 11) is 3.51. The highest BCUT2D eigenvalue weighted by Crippen LogP contribution is 2.28. The second kappa shape index (κ2) is 5.57. The van der Waals surface area contributed by atoms with Crippen LogP contribution in [0.4, 0.5) is 10.1 Å². The monoisotopic (exact) mass is 252 g/mol. The summed E-state index contributed by atoms with van der Waals surface area (Å²) in [6, 6.07) is 5.65. The Bertz CT molecular complexity index is 411. The second-order valence-corrected chi connectivity index (χ2v) is 4.93. The molecule has 0 spiro atoms. The van der Waals surface area contributed by atoms with E-state index in [1.54, 1.807) is 6.07 Å². The summed E-state index contributed by atoms with van der Waals surface area (Å²) >= 11 is 0. The van der Waals surface area contributed by atoms with E-state index in [0.717, 1.165) is 25.2 Å². The zero-order valence-corrected chi connectivity index (χ0v) is 11.2. The van der Waals surface area contributed by atoms with Gasteiger partial charge in [0.25, 0.3) is 0 Å². The molecular weight excluding hydrogens is 231 g/mol. The van der Waals surface area contributed by atoms with E-state index in [1.807, 2.05) is 13.1 Å². The van der Waals surface area contributed by atoms with Crippen molar-refractivity contribution in [3.8, 4) is 5.75 Å². The number of nitrogens with zero attached hydrogens (tertiary/aromatic N) is 1. The molecule has 1 aliphatic heterocycles. The van der Waals surface area contributed by atoms with E-state index >= 15 is 0 Å². The summed E-state index contributed by atoms with van der Waals surface area (Å²) in [5.41, 5.74) is 1.04. The van der Waals surface area contributed by atoms with Gasteiger partial charge >= 0.3 is 0 Å². The van der Waals surface area contributed by atoms with Crippen molar-refractivity contribution >= 4 is 5.69 Å². The summed E-state index contributed by atoms with van der Waals surface area (Å²) in [4.78, 5) is 2.29. The van der Waals surface area contributed by atoms with E-state index in [0.29, 0.717) is 17.7 Å². The summed E-state index contributed by atoms with van der Waals surface area (Å²) < 4.78 is 18.4. The second-order valence-electron chi connectivity index (χ2n) is 4.93. The summed E-state index contributed by atoms with van der Waals surface area (Å²) in [5, 5.41) is 3.35. The third kappa shape index (κ3) is 2.58. The number of nitrogens with one attached hydrogen (secondary N) is 1. The van der Waals surface area contributed by atoms with Crippen LogP contribution < -0.4 is 15.0 Å². The van der Waals surface area contributed by atoms with Crippen LogP contribution in [0.25, 0.3) is 0 Å². The zero-order chi connectivity index (χ0) is 13.1. The smallest absolute Gasteiger partial charge is 0.165 e. The molecule has 100 valence electrons. The van der Waals surface area contributed by atoms with Crippen molar-refractivity contribution in [1.82, 2.24) is 5.32 Å². The van der Waals surface area contributed by atoms with E-state index in [9.17, 15) is 4.39 Å². The van der Waals surface area contributed by atoms with Crippen LogP contribution in [-0.4, -0.2) is 33.3 Å². The maximum absolute atomic E-state index is 13.4. The third-order valence-electron chi connectivity index (χ3n) is 3.78. The molecule has 18 heavy (non-hydrogen) atoms. The molecule has 3 nitrogen and oxygen atoms in total. The van der Waals surface area contributed by atoms with Gasteiger partial charge in [-0.05, 0) is 31.5 Å². The largest absolute Gasteiger partial charge is 0.494 e. The fourth-order valence-corrected chi connectivity index (χ4v) is 2.65. The van der Waals surface area contributed by atoms with Gasteiger partial charge < -0.3 is 15.0 Å². The Morgan fingerprint density at radius 2 is 2.22 bits per heavy atom. The minimum absolute atomic E-state index is 0.306. The molecule has 0 amide bonds. The van der Waals surface area contributed by atoms with Crippen LogP contribution in [0.3, 0.4) is 0 Å². The first-order valence-electron chi connectivity index (χ1n) is 6.41. The summed E-state index contributed by atoms with van der Waals surface area (Å²) in [6.07, 6.45) is 1.11. The van der Waals surface area contributed by atoms with Gasteiger partial charge in [-0.1, -0.05) is 6.92 Å². The highest BCUT2D eigenvalue weighted by molar-refractivity contribution is 5.51. The molecule has 2 rings (SSSR count). The molecule has 0 aromatic heterocycles. The van der Waals surface area contributed by atoms with Crippen molar-refractivity contribution in [2.75, 3.05) is 32.1 Å². The number of hydrogen-bond acceptors (Lipinski definition) is 3. The molecule has 1 fully saturated rings. The van der Waals surface area contributed by atoms with Crippen molar-refractivity contribution < 1.29 is 9.13 Å². The molecule has 1 saturated heterocycles. The first-order chi connectivity index (χ1) is 8.65. The van der Waals surface area contributed by atoms with Crippen molar-refractivity contribution in [3.63, 3.8) is 0 Å². The van der Waals surface area contributed by atoms with Crippen LogP contribution in [0.2, 0.25) is 0 Å². The van der Waals surface area contributed by atoms with Crippen LogP contribution in [0.1, 0.15) is 13.3 Å². The first kappa shape index (κ1) is 13.1. The van der Waals surface area contributed by atoms with Crippen LogP contribution in [-0.2, 0) is 0 Å². The summed E-state index contributed by atoms with van der Waals surface area (Å²) in [5.74, 6) is 0.593. The Balaban J connectivity index is 2.13. The summed E-state index contributed by atoms with van der Waals surface area (Å²) in [6.45, 7) is 4.22. The molecule has 1 N–H and O–H groups in total. The SMILES string of the molecule is CNC1CCN(c2ccc(F)c(OC)c2)CC1C. The first-order valence-corrected chi connectivity index (χ1v) is 6.41. The van der Waals surface area contributed by atoms with Gasteiger partial charge in [-0.15, -0.1) is 0 Å². The normalized spacial score (nSPS) is 24.1. The molecule has 0 saturated carbocycles. The van der Waals surface area contributed by atoms with Gasteiger partial charge in [0.15, 0.2) is 11.6 Å². The van der Waals surface area contributed by atoms with Gasteiger partial charge in [0, 0.05) is 30.9 Å². The highest BCUT2D eigenvalue weighted by Gasteiger charge is 2.25. The van der Waals surface area contributed by atoms with Gasteiger partial charge in [0.05, 0.1) is 7.11 Å². The number of piperidine rings is 1. The molecule has 0 aliphatic carbocycles. The maximum Gasteiger partial charge on any atom is 0.165 e. The van der Waals surface area contributed by atoms with Gasteiger partial charge in [0.1, 0.15) is 0 Å². The molecule has 1 heterocycles. The van der Waals surface area contributed by atoms with Crippen molar-refractivity contribution in [2.45, 2.75) is 19.4 Å². The lowest BCUT2D eigenvalue weighted by Crippen LogP contribution is -2.47. The Morgan fingerprint density at radius 1 is 1.44 bits per heavy atom. The standard InChI is InChI=1S/C14H21FN2O/c1-10-9-17(7-6-13(10)16-2)11-4-5-12(15)14(8-11)18-3/h4-5,8,10,13,16H,6-7,9H2,1-3H3. The number of rotatable bonds is 3. The average Bonchev–Trinajstić information content (AvgIpc) is 2.39. The van der Waals surface area contributed by atoms with Crippen molar-refractivity contribution in [2.24, 2.45) is 5.92 Å². The van der Waals surface area contributed by atoms with Gasteiger partial charge in [-0.3, -0.25) is 0 Å². The lowest BCUT2D eigenvalue weighted by atomic mass is 9.93. The predicted molar refractivity (Wildman–Crippen MR) is 71.8 cm³/mol. The molecule has 4 heteroatoms. The molecule has 0 bridgehead atoms. The fourth-order valence-electron chi connectivity index (χ4n) is 2.65. The zero-order valence-electron chi connectivity index (χ0n) is 11.2. The molecule has 2 atom stereocenters. The van der Waals surface area contributed by atoms with Crippen LogP contribution >= 0.6 is 0 Å². The van der Waals surface area contributed by atoms with Crippen LogP contribution in [0, 0.1) is 11.7 Å².